The summed E-state index contributed by atoms with van der Waals surface area (Å²) in [5, 5.41) is 11.6. The summed E-state index contributed by atoms with van der Waals surface area (Å²) in [6.07, 6.45) is 6.41. The first kappa shape index (κ1) is 21.8. The molecule has 2 aliphatic rings. The number of likely N-dealkylation sites (N-methyl/N-ethyl adjacent to an activating group) is 1. The molecule has 1 aliphatic heterocycles. The predicted molar refractivity (Wildman–Crippen MR) is 125 cm³/mol. The van der Waals surface area contributed by atoms with Crippen molar-refractivity contribution >= 4 is 5.69 Å². The van der Waals surface area contributed by atoms with Crippen molar-refractivity contribution in [3.8, 4) is 11.4 Å². The molecule has 3 aromatic rings. The molecule has 0 amide bonds. The summed E-state index contributed by atoms with van der Waals surface area (Å²) in [6, 6.07) is 13.4. The van der Waals surface area contributed by atoms with Crippen LogP contribution < -0.4 is 9.64 Å². The number of hydrogen-bond donors (Lipinski definition) is 0. The van der Waals surface area contributed by atoms with Crippen molar-refractivity contribution in [2.24, 2.45) is 5.92 Å². The molecule has 3 atom stereocenters. The number of ether oxygens (including phenoxy) is 1. The molecular formula is C25H31FN6O. The van der Waals surface area contributed by atoms with Crippen molar-refractivity contribution in [3.63, 3.8) is 0 Å². The number of halogens is 1. The van der Waals surface area contributed by atoms with Gasteiger partial charge in [-0.1, -0.05) is 12.1 Å². The molecule has 33 heavy (non-hydrogen) atoms. The summed E-state index contributed by atoms with van der Waals surface area (Å²) in [4.78, 5) is 4.94. The largest absolute Gasteiger partial charge is 0.495 e. The van der Waals surface area contributed by atoms with Gasteiger partial charge in [0.25, 0.3) is 0 Å². The minimum absolute atomic E-state index is 0.187. The van der Waals surface area contributed by atoms with Crippen LogP contribution in [0.1, 0.15) is 37.2 Å². The van der Waals surface area contributed by atoms with Gasteiger partial charge in [-0.3, -0.25) is 0 Å². The molecule has 1 saturated heterocycles. The molecule has 1 aromatic heterocycles. The zero-order valence-corrected chi connectivity index (χ0v) is 19.3. The number of rotatable bonds is 7. The van der Waals surface area contributed by atoms with Crippen LogP contribution in [-0.4, -0.2) is 64.9 Å². The van der Waals surface area contributed by atoms with Gasteiger partial charge in [0.05, 0.1) is 18.5 Å². The number of hydrogen-bond acceptors (Lipinski definition) is 6. The van der Waals surface area contributed by atoms with E-state index < -0.39 is 0 Å². The number of methoxy groups -OCH3 is 1. The topological polar surface area (TPSA) is 59.3 Å². The summed E-state index contributed by atoms with van der Waals surface area (Å²) in [7, 11) is 3.84. The van der Waals surface area contributed by atoms with E-state index in [0.29, 0.717) is 11.8 Å². The normalized spacial score (nSPS) is 23.2. The smallest absolute Gasteiger partial charge is 0.143 e. The number of anilines is 1. The van der Waals surface area contributed by atoms with Crippen LogP contribution in [0.4, 0.5) is 10.1 Å². The molecule has 0 unspecified atom stereocenters. The van der Waals surface area contributed by atoms with Crippen molar-refractivity contribution in [3.05, 3.63) is 60.2 Å². The van der Waals surface area contributed by atoms with Gasteiger partial charge in [-0.05, 0) is 91.0 Å². The number of nitrogens with zero attached hydrogens (tertiary/aromatic N) is 6. The Balaban J connectivity index is 1.48. The van der Waals surface area contributed by atoms with E-state index in [0.717, 1.165) is 36.5 Å². The fourth-order valence-corrected chi connectivity index (χ4v) is 5.73. The zero-order valence-electron chi connectivity index (χ0n) is 19.3. The van der Waals surface area contributed by atoms with Crippen LogP contribution >= 0.6 is 0 Å². The molecule has 1 aliphatic carbocycles. The van der Waals surface area contributed by atoms with Gasteiger partial charge in [-0.25, -0.2) is 9.07 Å². The summed E-state index contributed by atoms with van der Waals surface area (Å²) in [6.45, 7) is 3.48. The molecule has 5 rings (SSSR count). The van der Waals surface area contributed by atoms with Gasteiger partial charge in [-0.15, -0.1) is 5.10 Å². The zero-order chi connectivity index (χ0) is 22.8. The Morgan fingerprint density at radius 3 is 2.58 bits per heavy atom. The summed E-state index contributed by atoms with van der Waals surface area (Å²) in [5.41, 5.74) is 3.10. The van der Waals surface area contributed by atoms with E-state index in [-0.39, 0.29) is 11.9 Å². The van der Waals surface area contributed by atoms with Crippen molar-refractivity contribution in [1.82, 2.24) is 25.1 Å². The van der Waals surface area contributed by atoms with E-state index in [1.807, 2.05) is 24.3 Å². The minimum Gasteiger partial charge on any atom is -0.495 e. The monoisotopic (exact) mass is 450 g/mol. The van der Waals surface area contributed by atoms with Gasteiger partial charge in [0, 0.05) is 25.6 Å². The molecule has 8 heteroatoms. The predicted octanol–water partition coefficient (Wildman–Crippen LogP) is 3.90. The third kappa shape index (κ3) is 4.44. The minimum atomic E-state index is -0.187. The molecule has 174 valence electrons. The second kappa shape index (κ2) is 9.47. The maximum atomic E-state index is 13.7. The lowest BCUT2D eigenvalue weighted by atomic mass is 9.85. The van der Waals surface area contributed by atoms with Crippen LogP contribution in [0.5, 0.6) is 5.75 Å². The lowest BCUT2D eigenvalue weighted by molar-refractivity contribution is 0.263. The number of benzene rings is 2. The fourth-order valence-electron chi connectivity index (χ4n) is 5.73. The highest BCUT2D eigenvalue weighted by atomic mass is 19.1. The fraction of sp³-hybridized carbons (Fsp3) is 0.480. The van der Waals surface area contributed by atoms with E-state index in [2.05, 4.69) is 38.4 Å². The van der Waals surface area contributed by atoms with Crippen LogP contribution in [0.25, 0.3) is 5.69 Å². The van der Waals surface area contributed by atoms with E-state index >= 15 is 0 Å². The standard InChI is InChI=1S/C25H31FN6O/c1-30(23-15-21(10-12-24(23)33-2)32-17-27-28-29-32)22-11-7-19(16-31-13-3-4-14-31)25(22)18-5-8-20(26)9-6-18/h5-6,8-10,12,15,17,19,22,25H,3-4,7,11,13-14,16H2,1-2H3/t19-,22+,25-/m1/s1. The number of tetrazole rings is 1. The summed E-state index contributed by atoms with van der Waals surface area (Å²) < 4.78 is 21.1. The SMILES string of the molecule is COc1ccc(-n2cnnn2)cc1N(C)[C@H]1CC[C@H](CN2CCCC2)[C@H]1c1ccc(F)cc1. The van der Waals surface area contributed by atoms with Gasteiger partial charge in [-0.2, -0.15) is 0 Å². The highest BCUT2D eigenvalue weighted by molar-refractivity contribution is 5.63. The maximum absolute atomic E-state index is 13.7. The van der Waals surface area contributed by atoms with Gasteiger partial charge >= 0.3 is 0 Å². The molecule has 0 radical (unpaired) electrons. The van der Waals surface area contributed by atoms with Crippen molar-refractivity contribution < 1.29 is 9.13 Å². The second-order valence-electron chi connectivity index (χ2n) is 9.21. The van der Waals surface area contributed by atoms with E-state index in [9.17, 15) is 4.39 Å². The first-order valence-electron chi connectivity index (χ1n) is 11.8. The lowest BCUT2D eigenvalue weighted by Gasteiger charge is -2.35. The van der Waals surface area contributed by atoms with Crippen LogP contribution in [0.2, 0.25) is 0 Å². The van der Waals surface area contributed by atoms with Crippen LogP contribution in [0, 0.1) is 11.7 Å². The van der Waals surface area contributed by atoms with Crippen LogP contribution in [0.15, 0.2) is 48.8 Å². The van der Waals surface area contributed by atoms with E-state index in [4.69, 9.17) is 4.74 Å². The van der Waals surface area contributed by atoms with Crippen molar-refractivity contribution in [2.75, 3.05) is 38.7 Å². The first-order valence-corrected chi connectivity index (χ1v) is 11.8. The molecule has 7 nitrogen and oxygen atoms in total. The van der Waals surface area contributed by atoms with Gasteiger partial charge in [0.2, 0.25) is 0 Å². The average molecular weight is 451 g/mol. The second-order valence-corrected chi connectivity index (χ2v) is 9.21. The molecule has 0 spiro atoms. The van der Waals surface area contributed by atoms with Gasteiger partial charge < -0.3 is 14.5 Å². The summed E-state index contributed by atoms with van der Waals surface area (Å²) >= 11 is 0. The molecule has 0 N–H and O–H groups in total. The Hall–Kier alpha value is -3.00. The van der Waals surface area contributed by atoms with E-state index in [1.54, 1.807) is 30.3 Å². The van der Waals surface area contributed by atoms with Crippen LogP contribution in [-0.2, 0) is 0 Å². The first-order chi connectivity index (χ1) is 16.1. The van der Waals surface area contributed by atoms with Crippen molar-refractivity contribution in [1.29, 1.82) is 0 Å². The molecule has 1 saturated carbocycles. The molecule has 2 aromatic carbocycles. The van der Waals surface area contributed by atoms with Crippen molar-refractivity contribution in [2.45, 2.75) is 37.6 Å². The molecule has 0 bridgehead atoms. The summed E-state index contributed by atoms with van der Waals surface area (Å²) in [5.74, 6) is 1.48. The Kier molecular flexibility index (Phi) is 6.26. The van der Waals surface area contributed by atoms with Crippen LogP contribution in [0.3, 0.4) is 0 Å². The third-order valence-electron chi connectivity index (χ3n) is 7.36. The van der Waals surface area contributed by atoms with Gasteiger partial charge in [0.1, 0.15) is 17.9 Å². The lowest BCUT2D eigenvalue weighted by Crippen LogP contribution is -2.37. The van der Waals surface area contributed by atoms with E-state index in [1.165, 1.54) is 31.5 Å². The third-order valence-corrected chi connectivity index (χ3v) is 7.36. The number of likely N-dealkylation sites (tertiary alicyclic amines) is 1. The Labute approximate surface area is 194 Å². The number of aromatic nitrogens is 4. The Bertz CT molecular complexity index is 1050. The Morgan fingerprint density at radius 1 is 1.09 bits per heavy atom. The highest BCUT2D eigenvalue weighted by Crippen LogP contribution is 2.45. The highest BCUT2D eigenvalue weighted by Gasteiger charge is 2.41. The molecule has 2 heterocycles. The quantitative estimate of drug-likeness (QED) is 0.544. The maximum Gasteiger partial charge on any atom is 0.143 e. The molecular weight excluding hydrogens is 419 g/mol. The van der Waals surface area contributed by atoms with Gasteiger partial charge in [0.15, 0.2) is 0 Å². The Morgan fingerprint density at radius 2 is 1.88 bits per heavy atom. The molecule has 2 fully saturated rings. The average Bonchev–Trinajstić information content (AvgIpc) is 3.62.